The van der Waals surface area contributed by atoms with E-state index in [2.05, 4.69) is 25.6 Å². The summed E-state index contributed by atoms with van der Waals surface area (Å²) in [5, 5.41) is 15.2. The lowest BCUT2D eigenvalue weighted by Crippen LogP contribution is -2.06. The molecule has 0 fully saturated rings. The van der Waals surface area contributed by atoms with Gasteiger partial charge < -0.3 is 4.74 Å². The van der Waals surface area contributed by atoms with E-state index in [1.807, 2.05) is 0 Å². The van der Waals surface area contributed by atoms with Gasteiger partial charge in [-0.15, -0.1) is 5.10 Å². The van der Waals surface area contributed by atoms with Gasteiger partial charge in [-0.1, -0.05) is 0 Å². The van der Waals surface area contributed by atoms with Crippen LogP contribution in [0.4, 0.5) is 0 Å². The van der Waals surface area contributed by atoms with Gasteiger partial charge in [0.15, 0.2) is 11.5 Å². The number of hydrogen-bond donors (Lipinski definition) is 0. The molecule has 0 saturated heterocycles. The van der Waals surface area contributed by atoms with E-state index in [4.69, 9.17) is 4.74 Å². The summed E-state index contributed by atoms with van der Waals surface area (Å²) in [5.74, 6) is 0.101. The zero-order chi connectivity index (χ0) is 13.2. The molecule has 3 rings (SSSR count). The summed E-state index contributed by atoms with van der Waals surface area (Å²) in [6.07, 6.45) is 6.03. The molecule has 0 saturated carbocycles. The summed E-state index contributed by atoms with van der Waals surface area (Å²) in [5.41, 5.74) is 0.845. The van der Waals surface area contributed by atoms with Crippen molar-refractivity contribution in [1.82, 2.24) is 34.8 Å². The number of rotatable bonds is 3. The zero-order valence-corrected chi connectivity index (χ0v) is 9.96. The third kappa shape index (κ3) is 1.90. The van der Waals surface area contributed by atoms with Crippen LogP contribution in [-0.4, -0.2) is 47.4 Å². The van der Waals surface area contributed by atoms with Gasteiger partial charge >= 0.3 is 5.97 Å². The van der Waals surface area contributed by atoms with Crippen LogP contribution < -0.4 is 0 Å². The summed E-state index contributed by atoms with van der Waals surface area (Å²) in [6, 6.07) is 0. The quantitative estimate of drug-likeness (QED) is 0.604. The molecular weight excluding hydrogens is 250 g/mol. The van der Waals surface area contributed by atoms with Crippen LogP contribution in [-0.2, 0) is 4.74 Å². The Morgan fingerprint density at radius 2 is 2.26 bits per heavy atom. The van der Waals surface area contributed by atoms with Crippen molar-refractivity contribution in [2.24, 2.45) is 0 Å². The summed E-state index contributed by atoms with van der Waals surface area (Å²) >= 11 is 0. The zero-order valence-electron chi connectivity index (χ0n) is 9.96. The Morgan fingerprint density at radius 1 is 1.37 bits per heavy atom. The van der Waals surface area contributed by atoms with Gasteiger partial charge in [0.05, 0.1) is 30.8 Å². The molecule has 0 radical (unpaired) electrons. The topological polar surface area (TPSA) is 100 Å². The number of tetrazole rings is 1. The van der Waals surface area contributed by atoms with E-state index in [1.54, 1.807) is 13.1 Å². The minimum atomic E-state index is -0.425. The lowest BCUT2D eigenvalue weighted by molar-refractivity contribution is 0.0526. The summed E-state index contributed by atoms with van der Waals surface area (Å²) in [4.78, 5) is 15.6. The summed E-state index contributed by atoms with van der Waals surface area (Å²) in [7, 11) is 0. The van der Waals surface area contributed by atoms with Crippen molar-refractivity contribution in [3.05, 3.63) is 30.4 Å². The Hall–Kier alpha value is -2.84. The molecule has 9 heteroatoms. The molecule has 3 heterocycles. The number of esters is 1. The highest BCUT2D eigenvalue weighted by Crippen LogP contribution is 2.08. The maximum Gasteiger partial charge on any atom is 0.341 e. The number of ether oxygens (including phenoxy) is 1. The van der Waals surface area contributed by atoms with Crippen LogP contribution in [0.15, 0.2) is 24.8 Å². The molecule has 0 bridgehead atoms. The first-order valence-corrected chi connectivity index (χ1v) is 5.54. The molecule has 0 aliphatic heterocycles. The Kier molecular flexibility index (Phi) is 2.63. The lowest BCUT2D eigenvalue weighted by atomic mass is 10.4. The van der Waals surface area contributed by atoms with Crippen LogP contribution in [0.1, 0.15) is 17.3 Å². The fraction of sp³-hybridized carbons (Fsp3) is 0.200. The minimum absolute atomic E-state index is 0.314. The largest absolute Gasteiger partial charge is 0.462 e. The van der Waals surface area contributed by atoms with E-state index >= 15 is 0 Å². The number of fused-ring (bicyclic) bond motifs is 1. The van der Waals surface area contributed by atoms with E-state index in [1.165, 1.54) is 27.8 Å². The van der Waals surface area contributed by atoms with E-state index in [0.29, 0.717) is 23.6 Å². The van der Waals surface area contributed by atoms with E-state index in [-0.39, 0.29) is 0 Å². The van der Waals surface area contributed by atoms with Crippen molar-refractivity contribution in [3.8, 4) is 5.82 Å². The van der Waals surface area contributed by atoms with Crippen molar-refractivity contribution >= 4 is 11.6 Å². The predicted molar refractivity (Wildman–Crippen MR) is 61.7 cm³/mol. The van der Waals surface area contributed by atoms with Gasteiger partial charge in [0.25, 0.3) is 0 Å². The molecule has 0 aliphatic rings. The third-order valence-corrected chi connectivity index (χ3v) is 2.42. The van der Waals surface area contributed by atoms with Crippen LogP contribution in [0.25, 0.3) is 11.5 Å². The first-order valence-electron chi connectivity index (χ1n) is 5.54. The van der Waals surface area contributed by atoms with E-state index < -0.39 is 5.97 Å². The smallest absolute Gasteiger partial charge is 0.341 e. The second kappa shape index (κ2) is 4.44. The van der Waals surface area contributed by atoms with E-state index in [0.717, 1.165) is 0 Å². The van der Waals surface area contributed by atoms with Crippen molar-refractivity contribution in [3.63, 3.8) is 0 Å². The molecule has 3 aromatic rings. The van der Waals surface area contributed by atoms with Gasteiger partial charge in [0.1, 0.15) is 0 Å². The van der Waals surface area contributed by atoms with Gasteiger partial charge in [-0.25, -0.2) is 9.48 Å². The Morgan fingerprint density at radius 3 is 3.11 bits per heavy atom. The number of nitrogens with zero attached hydrogens (tertiary/aromatic N) is 7. The number of hydrogen-bond acceptors (Lipinski definition) is 7. The Balaban J connectivity index is 2.03. The molecule has 0 amide bonds. The molecule has 96 valence electrons. The van der Waals surface area contributed by atoms with Gasteiger partial charge in [0.2, 0.25) is 0 Å². The number of carbonyl (C=O) groups is 1. The number of aromatic nitrogens is 7. The van der Waals surface area contributed by atoms with Gasteiger partial charge in [-0.3, -0.25) is 4.98 Å². The lowest BCUT2D eigenvalue weighted by Gasteiger charge is -2.01. The Bertz CT molecular complexity index is 732. The molecule has 0 aliphatic carbocycles. The third-order valence-electron chi connectivity index (χ3n) is 2.42. The molecule has 0 unspecified atom stereocenters. The van der Waals surface area contributed by atoms with Crippen molar-refractivity contribution in [1.29, 1.82) is 0 Å². The van der Waals surface area contributed by atoms with Gasteiger partial charge in [-0.05, 0) is 17.4 Å². The molecule has 0 atom stereocenters. The highest BCUT2D eigenvalue weighted by Gasteiger charge is 2.12. The highest BCUT2D eigenvalue weighted by atomic mass is 16.5. The highest BCUT2D eigenvalue weighted by molar-refractivity contribution is 5.88. The van der Waals surface area contributed by atoms with E-state index in [9.17, 15) is 4.79 Å². The normalized spacial score (nSPS) is 10.8. The standard InChI is InChI=1S/C10H9N7O2/c1-2-19-10(18)7-3-12-16(6-7)9-5-11-4-8-13-14-15-17(8)9/h3-6H,2H2,1H3. The molecule has 0 aromatic carbocycles. The maximum atomic E-state index is 11.6. The average molecular weight is 259 g/mol. The molecule has 0 spiro atoms. The Labute approximate surface area is 106 Å². The second-order valence-corrected chi connectivity index (χ2v) is 3.61. The molecule has 0 N–H and O–H groups in total. The molecular formula is C10H9N7O2. The van der Waals surface area contributed by atoms with Gasteiger partial charge in [0, 0.05) is 6.20 Å². The first kappa shape index (κ1) is 11.3. The molecule has 19 heavy (non-hydrogen) atoms. The van der Waals surface area contributed by atoms with Crippen molar-refractivity contribution in [2.75, 3.05) is 6.61 Å². The van der Waals surface area contributed by atoms with Crippen molar-refractivity contribution in [2.45, 2.75) is 6.92 Å². The molecule has 3 aromatic heterocycles. The van der Waals surface area contributed by atoms with Crippen molar-refractivity contribution < 1.29 is 9.53 Å². The molecule has 9 nitrogen and oxygen atoms in total. The van der Waals surface area contributed by atoms with Crippen LogP contribution in [0.5, 0.6) is 0 Å². The second-order valence-electron chi connectivity index (χ2n) is 3.61. The van der Waals surface area contributed by atoms with Crippen LogP contribution in [0.2, 0.25) is 0 Å². The number of carbonyl (C=O) groups excluding carboxylic acids is 1. The van der Waals surface area contributed by atoms with Crippen LogP contribution in [0, 0.1) is 0 Å². The maximum absolute atomic E-state index is 11.6. The SMILES string of the molecule is CCOC(=O)c1cnn(-c2cncc3nnnn23)c1. The first-order chi connectivity index (χ1) is 9.29. The van der Waals surface area contributed by atoms with Crippen LogP contribution >= 0.6 is 0 Å². The fourth-order valence-corrected chi connectivity index (χ4v) is 1.59. The summed E-state index contributed by atoms with van der Waals surface area (Å²) < 4.78 is 7.82. The fourth-order valence-electron chi connectivity index (χ4n) is 1.59. The summed E-state index contributed by atoms with van der Waals surface area (Å²) in [6.45, 7) is 2.06. The average Bonchev–Trinajstić information content (AvgIpc) is 3.07. The monoisotopic (exact) mass is 259 g/mol. The minimum Gasteiger partial charge on any atom is -0.462 e. The predicted octanol–water partition coefficient (Wildman–Crippen LogP) is -0.118. The van der Waals surface area contributed by atoms with Gasteiger partial charge in [-0.2, -0.15) is 9.61 Å². The van der Waals surface area contributed by atoms with Crippen LogP contribution in [0.3, 0.4) is 0 Å².